The number of anilines is 1. The predicted octanol–water partition coefficient (Wildman–Crippen LogP) is 4.45. The highest BCUT2D eigenvalue weighted by atomic mass is 79.9. The molecule has 1 aromatic heterocycles. The number of amides is 1. The molecule has 0 radical (unpaired) electrons. The third kappa shape index (κ3) is 3.48. The van der Waals surface area contributed by atoms with Crippen molar-refractivity contribution in [2.75, 3.05) is 12.4 Å². The first-order valence-electron chi connectivity index (χ1n) is 8.09. The van der Waals surface area contributed by atoms with Crippen LogP contribution in [0.4, 0.5) is 5.13 Å². The fourth-order valence-electron chi connectivity index (χ4n) is 3.34. The molecule has 1 aromatic carbocycles. The summed E-state index contributed by atoms with van der Waals surface area (Å²) >= 11 is 4.59. The van der Waals surface area contributed by atoms with Crippen LogP contribution in [0, 0.1) is 6.92 Å². The van der Waals surface area contributed by atoms with Crippen LogP contribution in [0.5, 0.6) is 0 Å². The van der Waals surface area contributed by atoms with Gasteiger partial charge < -0.3 is 10.1 Å². The molecule has 25 heavy (non-hydrogen) atoms. The lowest BCUT2D eigenvalue weighted by molar-refractivity contribution is -0.121. The Bertz CT molecular complexity index is 795. The van der Waals surface area contributed by atoms with E-state index in [0.717, 1.165) is 47.1 Å². The first-order valence-corrected chi connectivity index (χ1v) is 9.70. The van der Waals surface area contributed by atoms with Gasteiger partial charge in [-0.2, -0.15) is 0 Å². The average molecular weight is 423 g/mol. The van der Waals surface area contributed by atoms with Gasteiger partial charge in [-0.25, -0.2) is 9.78 Å². The molecule has 0 unspecified atom stereocenters. The molecule has 1 N–H and O–H groups in total. The van der Waals surface area contributed by atoms with Gasteiger partial charge in [0.15, 0.2) is 5.13 Å². The molecule has 3 rings (SSSR count). The van der Waals surface area contributed by atoms with Crippen LogP contribution in [-0.2, 0) is 14.9 Å². The zero-order valence-electron chi connectivity index (χ0n) is 14.1. The smallest absolute Gasteiger partial charge is 0.350 e. The first-order chi connectivity index (χ1) is 12.0. The maximum Gasteiger partial charge on any atom is 0.350 e. The first kappa shape index (κ1) is 18.1. The summed E-state index contributed by atoms with van der Waals surface area (Å²) in [5.74, 6) is -0.489. The van der Waals surface area contributed by atoms with E-state index in [9.17, 15) is 9.59 Å². The fraction of sp³-hybridized carbons (Fsp3) is 0.389. The van der Waals surface area contributed by atoms with Crippen molar-refractivity contribution in [3.05, 3.63) is 44.9 Å². The second-order valence-corrected chi connectivity index (χ2v) is 8.09. The van der Waals surface area contributed by atoms with Crippen molar-refractivity contribution in [2.45, 2.75) is 38.0 Å². The van der Waals surface area contributed by atoms with Gasteiger partial charge in [0.25, 0.3) is 0 Å². The van der Waals surface area contributed by atoms with Crippen molar-refractivity contribution < 1.29 is 14.3 Å². The number of nitrogens with zero attached hydrogens (tertiary/aromatic N) is 1. The number of rotatable bonds is 4. The van der Waals surface area contributed by atoms with E-state index in [1.807, 2.05) is 24.3 Å². The molecule has 1 fully saturated rings. The van der Waals surface area contributed by atoms with E-state index in [-0.39, 0.29) is 5.91 Å². The molecule has 1 amide bonds. The van der Waals surface area contributed by atoms with Gasteiger partial charge in [0.2, 0.25) is 5.91 Å². The SMILES string of the molecule is COC(=O)c1sc(NC(=O)C2(c3ccc(Br)cc3)CCCC2)nc1C. The summed E-state index contributed by atoms with van der Waals surface area (Å²) < 4.78 is 5.74. The molecule has 7 heteroatoms. The Labute approximate surface area is 158 Å². The van der Waals surface area contributed by atoms with Crippen LogP contribution >= 0.6 is 27.3 Å². The van der Waals surface area contributed by atoms with Gasteiger partial charge in [0.05, 0.1) is 18.2 Å². The van der Waals surface area contributed by atoms with E-state index in [4.69, 9.17) is 4.74 Å². The number of thiazole rings is 1. The van der Waals surface area contributed by atoms with Crippen molar-refractivity contribution in [2.24, 2.45) is 0 Å². The number of carbonyl (C=O) groups excluding carboxylic acids is 2. The van der Waals surface area contributed by atoms with Crippen LogP contribution in [0.1, 0.15) is 46.6 Å². The third-order valence-electron chi connectivity index (χ3n) is 4.68. The lowest BCUT2D eigenvalue weighted by Crippen LogP contribution is -2.37. The normalized spacial score (nSPS) is 15.8. The molecule has 1 heterocycles. The minimum absolute atomic E-state index is 0.0579. The molecule has 2 aromatic rings. The Balaban J connectivity index is 1.87. The lowest BCUT2D eigenvalue weighted by Gasteiger charge is -2.27. The number of halogens is 1. The zero-order chi connectivity index (χ0) is 18.0. The molecule has 1 aliphatic rings. The number of esters is 1. The van der Waals surface area contributed by atoms with E-state index in [2.05, 4.69) is 26.2 Å². The quantitative estimate of drug-likeness (QED) is 0.738. The summed E-state index contributed by atoms with van der Waals surface area (Å²) in [7, 11) is 1.33. The molecule has 5 nitrogen and oxygen atoms in total. The fourth-order valence-corrected chi connectivity index (χ4v) is 4.49. The predicted molar refractivity (Wildman–Crippen MR) is 101 cm³/mol. The van der Waals surface area contributed by atoms with E-state index in [0.29, 0.717) is 15.7 Å². The molecule has 0 aliphatic heterocycles. The molecule has 0 spiro atoms. The number of aryl methyl sites for hydroxylation is 1. The van der Waals surface area contributed by atoms with Gasteiger partial charge in [-0.1, -0.05) is 52.2 Å². The van der Waals surface area contributed by atoms with Crippen LogP contribution in [0.3, 0.4) is 0 Å². The topological polar surface area (TPSA) is 68.3 Å². The number of benzene rings is 1. The number of nitrogens with one attached hydrogen (secondary N) is 1. The van der Waals surface area contributed by atoms with Crippen LogP contribution in [0.2, 0.25) is 0 Å². The van der Waals surface area contributed by atoms with E-state index >= 15 is 0 Å². The highest BCUT2D eigenvalue weighted by molar-refractivity contribution is 9.10. The minimum atomic E-state index is -0.536. The van der Waals surface area contributed by atoms with E-state index < -0.39 is 11.4 Å². The molecular formula is C18H19BrN2O3S. The summed E-state index contributed by atoms with van der Waals surface area (Å²) in [5.41, 5.74) is 1.05. The maximum absolute atomic E-state index is 13.1. The minimum Gasteiger partial charge on any atom is -0.465 e. The van der Waals surface area contributed by atoms with Gasteiger partial charge in [0, 0.05) is 4.47 Å². The van der Waals surface area contributed by atoms with E-state index in [1.165, 1.54) is 7.11 Å². The summed E-state index contributed by atoms with van der Waals surface area (Å²) in [5, 5.41) is 3.36. The molecule has 0 saturated heterocycles. The summed E-state index contributed by atoms with van der Waals surface area (Å²) in [6, 6.07) is 7.93. The Morgan fingerprint density at radius 2 is 1.88 bits per heavy atom. The van der Waals surface area contributed by atoms with E-state index in [1.54, 1.807) is 6.92 Å². The highest BCUT2D eigenvalue weighted by Crippen LogP contribution is 2.42. The van der Waals surface area contributed by atoms with Gasteiger partial charge in [-0.05, 0) is 37.5 Å². The number of ether oxygens (including phenoxy) is 1. The van der Waals surface area contributed by atoms with Gasteiger partial charge in [-0.15, -0.1) is 0 Å². The molecule has 1 aliphatic carbocycles. The molecular weight excluding hydrogens is 404 g/mol. The Kier molecular flexibility index (Phi) is 5.24. The number of carbonyl (C=O) groups is 2. The Hall–Kier alpha value is -1.73. The zero-order valence-corrected chi connectivity index (χ0v) is 16.5. The monoisotopic (exact) mass is 422 g/mol. The Morgan fingerprint density at radius 1 is 1.24 bits per heavy atom. The molecule has 0 atom stereocenters. The molecule has 1 saturated carbocycles. The molecule has 132 valence electrons. The Morgan fingerprint density at radius 3 is 2.48 bits per heavy atom. The largest absolute Gasteiger partial charge is 0.465 e. The number of hydrogen-bond acceptors (Lipinski definition) is 5. The van der Waals surface area contributed by atoms with Crippen molar-refractivity contribution in [3.8, 4) is 0 Å². The second-order valence-electron chi connectivity index (χ2n) is 6.18. The number of hydrogen-bond donors (Lipinski definition) is 1. The number of aromatic nitrogens is 1. The van der Waals surface area contributed by atoms with Crippen molar-refractivity contribution in [3.63, 3.8) is 0 Å². The second kappa shape index (κ2) is 7.25. The molecule has 0 bridgehead atoms. The van der Waals surface area contributed by atoms with Crippen LogP contribution < -0.4 is 5.32 Å². The summed E-state index contributed by atoms with van der Waals surface area (Å²) in [4.78, 5) is 29.6. The van der Waals surface area contributed by atoms with Gasteiger partial charge >= 0.3 is 5.97 Å². The summed E-state index contributed by atoms with van der Waals surface area (Å²) in [6.45, 7) is 1.73. The van der Waals surface area contributed by atoms with Crippen LogP contribution in [0.25, 0.3) is 0 Å². The van der Waals surface area contributed by atoms with Crippen molar-refractivity contribution >= 4 is 44.3 Å². The van der Waals surface area contributed by atoms with Gasteiger partial charge in [-0.3, -0.25) is 4.79 Å². The highest BCUT2D eigenvalue weighted by Gasteiger charge is 2.43. The lowest BCUT2D eigenvalue weighted by atomic mass is 9.78. The van der Waals surface area contributed by atoms with Crippen molar-refractivity contribution in [1.29, 1.82) is 0 Å². The number of methoxy groups -OCH3 is 1. The standard InChI is InChI=1S/C18H19BrN2O3S/c1-11-14(15(22)24-2)25-17(20-11)21-16(23)18(9-3-4-10-18)12-5-7-13(19)8-6-12/h5-8H,3-4,9-10H2,1-2H3,(H,20,21,23). The van der Waals surface area contributed by atoms with Gasteiger partial charge in [0.1, 0.15) is 4.88 Å². The van der Waals surface area contributed by atoms with Crippen molar-refractivity contribution in [1.82, 2.24) is 4.98 Å². The maximum atomic E-state index is 13.1. The summed E-state index contributed by atoms with van der Waals surface area (Å²) in [6.07, 6.45) is 3.67. The van der Waals surface area contributed by atoms with Crippen LogP contribution in [-0.4, -0.2) is 24.0 Å². The average Bonchev–Trinajstić information content (AvgIpc) is 3.22. The third-order valence-corrected chi connectivity index (χ3v) is 6.26. The van der Waals surface area contributed by atoms with Crippen LogP contribution in [0.15, 0.2) is 28.7 Å².